The molecule has 4 aliphatic heterocycles. The number of likely N-dealkylation sites (tertiary alicyclic amines) is 1. The van der Waals surface area contributed by atoms with E-state index in [0.717, 1.165) is 12.0 Å². The van der Waals surface area contributed by atoms with Crippen LogP contribution in [0.2, 0.25) is 0 Å². The average molecular weight is 508 g/mol. The minimum absolute atomic E-state index is 0.0853. The van der Waals surface area contributed by atoms with Crippen molar-refractivity contribution in [2.24, 2.45) is 11.8 Å². The average Bonchev–Trinajstić information content (AvgIpc) is 3.20. The zero-order valence-electron chi connectivity index (χ0n) is 21.7. The number of hydrogen-bond acceptors (Lipinski definition) is 5. The summed E-state index contributed by atoms with van der Waals surface area (Å²) in [4.78, 5) is 47.6. The van der Waals surface area contributed by atoms with Gasteiger partial charge in [0.05, 0.1) is 17.4 Å². The van der Waals surface area contributed by atoms with Gasteiger partial charge in [-0.3, -0.25) is 14.4 Å². The second-order valence-corrected chi connectivity index (χ2v) is 10.5. The van der Waals surface area contributed by atoms with E-state index < -0.39 is 29.1 Å². The highest BCUT2D eigenvalue weighted by Crippen LogP contribution is 2.58. The van der Waals surface area contributed by atoms with Gasteiger partial charge in [0, 0.05) is 39.3 Å². The third-order valence-corrected chi connectivity index (χ3v) is 8.37. The highest BCUT2D eigenvalue weighted by atomic mass is 16.5. The van der Waals surface area contributed by atoms with Crippen molar-refractivity contribution in [1.29, 1.82) is 0 Å². The molecule has 2 saturated heterocycles. The van der Waals surface area contributed by atoms with Crippen LogP contribution in [0, 0.1) is 11.8 Å². The van der Waals surface area contributed by atoms with E-state index in [0.29, 0.717) is 39.0 Å². The highest BCUT2D eigenvalue weighted by Gasteiger charge is 2.75. The van der Waals surface area contributed by atoms with Gasteiger partial charge in [-0.05, 0) is 24.8 Å². The topological polar surface area (TPSA) is 90.4 Å². The summed E-state index contributed by atoms with van der Waals surface area (Å²) in [5.74, 6) is -2.03. The lowest BCUT2D eigenvalue weighted by Crippen LogP contribution is -2.56. The molecule has 2 fully saturated rings. The highest BCUT2D eigenvalue weighted by molar-refractivity contribution is 6.00. The van der Waals surface area contributed by atoms with Crippen LogP contribution in [0.25, 0.3) is 0 Å². The lowest BCUT2D eigenvalue weighted by molar-refractivity contribution is -0.154. The first-order chi connectivity index (χ1) is 17.9. The Labute approximate surface area is 218 Å². The molecule has 5 rings (SSSR count). The zero-order valence-corrected chi connectivity index (χ0v) is 21.7. The van der Waals surface area contributed by atoms with Crippen molar-refractivity contribution < 1.29 is 24.2 Å². The van der Waals surface area contributed by atoms with Gasteiger partial charge in [-0.25, -0.2) is 0 Å². The Hall–Kier alpha value is -2.97. The quantitative estimate of drug-likeness (QED) is 0.545. The Morgan fingerprint density at radius 2 is 1.65 bits per heavy atom. The Kier molecular flexibility index (Phi) is 6.98. The lowest BCUT2D eigenvalue weighted by atomic mass is 9.73. The van der Waals surface area contributed by atoms with Crippen LogP contribution >= 0.6 is 0 Å². The summed E-state index contributed by atoms with van der Waals surface area (Å²) >= 11 is 0. The van der Waals surface area contributed by atoms with Crippen LogP contribution < -0.4 is 0 Å². The van der Waals surface area contributed by atoms with Crippen molar-refractivity contribution in [2.45, 2.75) is 56.9 Å². The smallest absolute Gasteiger partial charge is 0.249 e. The predicted molar refractivity (Wildman–Crippen MR) is 138 cm³/mol. The molecule has 4 heterocycles. The van der Waals surface area contributed by atoms with Crippen LogP contribution in [0.15, 0.2) is 54.6 Å². The minimum atomic E-state index is -1.25. The van der Waals surface area contributed by atoms with Crippen LogP contribution in [-0.4, -0.2) is 87.6 Å². The molecule has 0 aromatic heterocycles. The van der Waals surface area contributed by atoms with Crippen LogP contribution in [0.3, 0.4) is 0 Å². The third-order valence-electron chi connectivity index (χ3n) is 8.37. The predicted octanol–water partition coefficient (Wildman–Crippen LogP) is 2.14. The Morgan fingerprint density at radius 1 is 0.919 bits per heavy atom. The summed E-state index contributed by atoms with van der Waals surface area (Å²) in [6.07, 6.45) is 9.43. The van der Waals surface area contributed by atoms with Crippen molar-refractivity contribution in [1.82, 2.24) is 14.7 Å². The molecule has 198 valence electrons. The van der Waals surface area contributed by atoms with Gasteiger partial charge in [-0.1, -0.05) is 68.5 Å². The maximum Gasteiger partial charge on any atom is 0.249 e. The maximum absolute atomic E-state index is 14.2. The maximum atomic E-state index is 14.2. The fourth-order valence-electron chi connectivity index (χ4n) is 6.76. The van der Waals surface area contributed by atoms with Crippen molar-refractivity contribution in [2.75, 3.05) is 32.8 Å². The molecule has 8 heteroatoms. The zero-order chi connectivity index (χ0) is 26.2. The molecular formula is C29H37N3O5. The molecule has 0 radical (unpaired) electrons. The Balaban J connectivity index is 1.60. The van der Waals surface area contributed by atoms with Gasteiger partial charge < -0.3 is 24.5 Å². The van der Waals surface area contributed by atoms with E-state index in [1.54, 1.807) is 9.80 Å². The summed E-state index contributed by atoms with van der Waals surface area (Å²) in [5.41, 5.74) is -1.20. The minimum Gasteiger partial charge on any atom is -0.396 e. The molecule has 37 heavy (non-hydrogen) atoms. The van der Waals surface area contributed by atoms with Gasteiger partial charge in [0.15, 0.2) is 0 Å². The number of fused-ring (bicyclic) bond motifs is 2. The van der Waals surface area contributed by atoms with E-state index >= 15 is 0 Å². The molecule has 1 N–H and O–H groups in total. The van der Waals surface area contributed by atoms with E-state index in [1.165, 1.54) is 0 Å². The standard InChI is InChI=1S/C29H37N3O5/c1-3-15-30-16-8-13-28(4-2)22(25(30)34)23-26(35)32(18-10-19-33)24-27(36)31(17-9-14-29(23,24)37-28)20-21-11-6-5-7-12-21/h5-9,11-14,22-24,33H,3-4,10,15-20H2,1-2H3/t22-,23-,24?,28+,29-/m0/s1. The first-order valence-corrected chi connectivity index (χ1v) is 13.5. The normalized spacial score (nSPS) is 32.9. The summed E-state index contributed by atoms with van der Waals surface area (Å²) < 4.78 is 6.93. The van der Waals surface area contributed by atoms with E-state index in [9.17, 15) is 19.5 Å². The molecule has 8 nitrogen and oxygen atoms in total. The number of carbonyl (C=O) groups excluding carboxylic acids is 3. The second kappa shape index (κ2) is 10.1. The van der Waals surface area contributed by atoms with E-state index in [1.807, 2.05) is 73.4 Å². The van der Waals surface area contributed by atoms with Crippen molar-refractivity contribution in [3.8, 4) is 0 Å². The number of hydrogen-bond donors (Lipinski definition) is 1. The van der Waals surface area contributed by atoms with E-state index in [4.69, 9.17) is 4.74 Å². The number of rotatable bonds is 8. The van der Waals surface area contributed by atoms with Crippen molar-refractivity contribution >= 4 is 17.7 Å². The Morgan fingerprint density at radius 3 is 2.35 bits per heavy atom. The lowest BCUT2D eigenvalue weighted by Gasteiger charge is -2.38. The van der Waals surface area contributed by atoms with Gasteiger partial charge >= 0.3 is 0 Å². The van der Waals surface area contributed by atoms with Gasteiger partial charge in [0.2, 0.25) is 17.7 Å². The van der Waals surface area contributed by atoms with Crippen molar-refractivity contribution in [3.63, 3.8) is 0 Å². The molecule has 0 aliphatic carbocycles. The second-order valence-electron chi connectivity index (χ2n) is 10.5. The SMILES string of the molecule is CCCN1CC=C[C@@]2(CC)O[C@]34C=CCN(Cc5ccccc5)C(=O)C3N(CCCO)C(=O)[C@@H]4[C@H]2C1=O. The van der Waals surface area contributed by atoms with Crippen LogP contribution in [0.5, 0.6) is 0 Å². The molecule has 1 aromatic carbocycles. The van der Waals surface area contributed by atoms with Gasteiger partial charge in [-0.15, -0.1) is 0 Å². The largest absolute Gasteiger partial charge is 0.396 e. The number of nitrogens with zero attached hydrogens (tertiary/aromatic N) is 3. The van der Waals surface area contributed by atoms with E-state index in [2.05, 4.69) is 0 Å². The number of amides is 3. The van der Waals surface area contributed by atoms with Crippen LogP contribution in [0.4, 0.5) is 0 Å². The molecule has 0 bridgehead atoms. The molecule has 1 spiro atoms. The molecular weight excluding hydrogens is 470 g/mol. The van der Waals surface area contributed by atoms with Gasteiger partial charge in [-0.2, -0.15) is 0 Å². The van der Waals surface area contributed by atoms with E-state index in [-0.39, 0.29) is 30.9 Å². The summed E-state index contributed by atoms with van der Waals surface area (Å²) in [5, 5.41) is 9.57. The molecule has 0 saturated carbocycles. The summed E-state index contributed by atoms with van der Waals surface area (Å²) in [6.45, 7) is 6.03. The number of benzene rings is 1. The summed E-state index contributed by atoms with van der Waals surface area (Å²) in [7, 11) is 0. The molecule has 4 aliphatic rings. The van der Waals surface area contributed by atoms with Gasteiger partial charge in [0.25, 0.3) is 0 Å². The van der Waals surface area contributed by atoms with Crippen molar-refractivity contribution in [3.05, 3.63) is 60.2 Å². The third kappa shape index (κ3) is 4.01. The fourth-order valence-corrected chi connectivity index (χ4v) is 6.76. The van der Waals surface area contributed by atoms with Crippen LogP contribution in [0.1, 0.15) is 38.7 Å². The fraction of sp³-hybridized carbons (Fsp3) is 0.552. The molecule has 1 unspecified atom stereocenters. The first-order valence-electron chi connectivity index (χ1n) is 13.5. The van der Waals surface area contributed by atoms with Crippen LogP contribution in [-0.2, 0) is 25.7 Å². The number of carbonyl (C=O) groups is 3. The molecule has 1 aromatic rings. The first kappa shape index (κ1) is 25.7. The number of aliphatic hydroxyl groups excluding tert-OH is 1. The summed E-state index contributed by atoms with van der Waals surface area (Å²) in [6, 6.07) is 8.88. The number of aliphatic hydroxyl groups is 1. The van der Waals surface area contributed by atoms with Gasteiger partial charge in [0.1, 0.15) is 11.6 Å². The molecule has 3 amide bonds. The molecule has 5 atom stereocenters. The monoisotopic (exact) mass is 507 g/mol. The Bertz CT molecular complexity index is 1100. The number of ether oxygens (including phenoxy) is 1.